The number of benzene rings is 1. The lowest BCUT2D eigenvalue weighted by Crippen LogP contribution is -2.49. The molecule has 1 aliphatic rings. The molecular formula is C15H22N2O2. The van der Waals surface area contributed by atoms with Crippen molar-refractivity contribution in [2.75, 3.05) is 37.7 Å². The van der Waals surface area contributed by atoms with E-state index in [0.29, 0.717) is 6.61 Å². The minimum atomic E-state index is -0.192. The number of carbonyl (C=O) groups excluding carboxylic acids is 1. The molecule has 0 radical (unpaired) electrons. The highest BCUT2D eigenvalue weighted by Gasteiger charge is 2.22. The topological polar surface area (TPSA) is 32.8 Å². The molecule has 0 atom stereocenters. The number of amides is 1. The van der Waals surface area contributed by atoms with Gasteiger partial charge in [-0.1, -0.05) is 12.1 Å². The number of piperazine rings is 1. The summed E-state index contributed by atoms with van der Waals surface area (Å²) in [5, 5.41) is 0. The molecule has 1 aromatic rings. The van der Waals surface area contributed by atoms with Crippen molar-refractivity contribution < 1.29 is 9.53 Å². The second-order valence-electron chi connectivity index (χ2n) is 4.96. The Bertz CT molecular complexity index is 451. The van der Waals surface area contributed by atoms with E-state index >= 15 is 0 Å². The van der Waals surface area contributed by atoms with Crippen molar-refractivity contribution in [3.8, 4) is 0 Å². The predicted octanol–water partition coefficient (Wildman–Crippen LogP) is 2.58. The molecule has 1 heterocycles. The molecule has 1 aromatic carbocycles. The number of rotatable bonds is 2. The van der Waals surface area contributed by atoms with E-state index in [-0.39, 0.29) is 6.09 Å². The first-order valence-electron chi connectivity index (χ1n) is 6.85. The lowest BCUT2D eigenvalue weighted by Gasteiger charge is -2.36. The SMILES string of the molecule is CCOC(=O)N1CCN(c2cc(C)ccc2C)CC1. The van der Waals surface area contributed by atoms with E-state index in [1.807, 2.05) is 6.92 Å². The second-order valence-corrected chi connectivity index (χ2v) is 4.96. The van der Waals surface area contributed by atoms with Gasteiger partial charge in [-0.15, -0.1) is 0 Å². The van der Waals surface area contributed by atoms with Crippen LogP contribution in [0.5, 0.6) is 0 Å². The van der Waals surface area contributed by atoms with Gasteiger partial charge in [-0.25, -0.2) is 4.79 Å². The van der Waals surface area contributed by atoms with Gasteiger partial charge in [0.05, 0.1) is 6.61 Å². The average molecular weight is 262 g/mol. The van der Waals surface area contributed by atoms with Crippen LogP contribution in [0.4, 0.5) is 10.5 Å². The summed E-state index contributed by atoms with van der Waals surface area (Å²) in [6.07, 6.45) is -0.192. The molecule has 1 amide bonds. The normalized spacial score (nSPS) is 15.5. The highest BCUT2D eigenvalue weighted by atomic mass is 16.6. The third-order valence-corrected chi connectivity index (χ3v) is 3.51. The largest absolute Gasteiger partial charge is 0.450 e. The zero-order chi connectivity index (χ0) is 13.8. The van der Waals surface area contributed by atoms with Crippen LogP contribution >= 0.6 is 0 Å². The molecule has 1 fully saturated rings. The molecule has 19 heavy (non-hydrogen) atoms. The molecule has 2 rings (SSSR count). The number of carbonyl (C=O) groups is 1. The Kier molecular flexibility index (Phi) is 4.30. The van der Waals surface area contributed by atoms with E-state index in [9.17, 15) is 4.79 Å². The lowest BCUT2D eigenvalue weighted by molar-refractivity contribution is 0.105. The van der Waals surface area contributed by atoms with Crippen molar-refractivity contribution in [2.24, 2.45) is 0 Å². The van der Waals surface area contributed by atoms with Crippen LogP contribution < -0.4 is 4.90 Å². The molecule has 104 valence electrons. The van der Waals surface area contributed by atoms with Crippen LogP contribution in [-0.4, -0.2) is 43.8 Å². The van der Waals surface area contributed by atoms with E-state index in [1.165, 1.54) is 16.8 Å². The monoisotopic (exact) mass is 262 g/mol. The van der Waals surface area contributed by atoms with Gasteiger partial charge in [-0.3, -0.25) is 0 Å². The Hall–Kier alpha value is -1.71. The van der Waals surface area contributed by atoms with Gasteiger partial charge < -0.3 is 14.5 Å². The van der Waals surface area contributed by atoms with Gasteiger partial charge in [0, 0.05) is 31.9 Å². The molecule has 0 saturated carbocycles. The maximum atomic E-state index is 11.6. The first kappa shape index (κ1) is 13.7. The molecule has 0 spiro atoms. The van der Waals surface area contributed by atoms with Gasteiger partial charge in [-0.2, -0.15) is 0 Å². The second kappa shape index (κ2) is 5.95. The number of anilines is 1. The molecule has 1 saturated heterocycles. The van der Waals surface area contributed by atoms with Crippen LogP contribution in [0.3, 0.4) is 0 Å². The number of nitrogens with zero attached hydrogens (tertiary/aromatic N) is 2. The Balaban J connectivity index is 2.00. The zero-order valence-corrected chi connectivity index (χ0v) is 12.0. The summed E-state index contributed by atoms with van der Waals surface area (Å²) in [5.74, 6) is 0. The van der Waals surface area contributed by atoms with Crippen molar-refractivity contribution in [1.29, 1.82) is 0 Å². The summed E-state index contributed by atoms with van der Waals surface area (Å²) in [7, 11) is 0. The summed E-state index contributed by atoms with van der Waals surface area (Å²) >= 11 is 0. The molecule has 0 aliphatic carbocycles. The molecule has 0 unspecified atom stereocenters. The van der Waals surface area contributed by atoms with E-state index in [4.69, 9.17) is 4.74 Å². The van der Waals surface area contributed by atoms with Gasteiger partial charge in [0.25, 0.3) is 0 Å². The van der Waals surface area contributed by atoms with Gasteiger partial charge >= 0.3 is 6.09 Å². The smallest absolute Gasteiger partial charge is 0.409 e. The molecule has 0 bridgehead atoms. The number of aryl methyl sites for hydroxylation is 2. The van der Waals surface area contributed by atoms with Crippen molar-refractivity contribution in [3.63, 3.8) is 0 Å². The summed E-state index contributed by atoms with van der Waals surface area (Å²) in [6, 6.07) is 6.51. The first-order valence-corrected chi connectivity index (χ1v) is 6.85. The highest BCUT2D eigenvalue weighted by Crippen LogP contribution is 2.22. The fraction of sp³-hybridized carbons (Fsp3) is 0.533. The van der Waals surface area contributed by atoms with E-state index in [1.54, 1.807) is 4.90 Å². The Labute approximate surface area is 115 Å². The highest BCUT2D eigenvalue weighted by molar-refractivity contribution is 5.68. The molecule has 0 aromatic heterocycles. The molecule has 1 aliphatic heterocycles. The van der Waals surface area contributed by atoms with E-state index in [2.05, 4.69) is 36.9 Å². The molecular weight excluding hydrogens is 240 g/mol. The Morgan fingerprint density at radius 2 is 1.89 bits per heavy atom. The molecule has 4 nitrogen and oxygen atoms in total. The lowest BCUT2D eigenvalue weighted by atomic mass is 10.1. The Morgan fingerprint density at radius 3 is 2.53 bits per heavy atom. The van der Waals surface area contributed by atoms with Crippen LogP contribution in [0.2, 0.25) is 0 Å². The zero-order valence-electron chi connectivity index (χ0n) is 12.0. The first-order chi connectivity index (χ1) is 9.11. The summed E-state index contributed by atoms with van der Waals surface area (Å²) in [5.41, 5.74) is 3.84. The summed E-state index contributed by atoms with van der Waals surface area (Å²) in [6.45, 7) is 9.70. The van der Waals surface area contributed by atoms with E-state index in [0.717, 1.165) is 26.2 Å². The van der Waals surface area contributed by atoms with Crippen molar-refractivity contribution in [2.45, 2.75) is 20.8 Å². The standard InChI is InChI=1S/C15H22N2O2/c1-4-19-15(18)17-9-7-16(8-10-17)14-11-12(2)5-6-13(14)3/h5-6,11H,4,7-10H2,1-3H3. The minimum absolute atomic E-state index is 0.192. The van der Waals surface area contributed by atoms with Crippen molar-refractivity contribution in [1.82, 2.24) is 4.90 Å². The number of hydrogen-bond donors (Lipinski definition) is 0. The summed E-state index contributed by atoms with van der Waals surface area (Å²) < 4.78 is 5.03. The fourth-order valence-corrected chi connectivity index (χ4v) is 2.40. The Morgan fingerprint density at radius 1 is 1.21 bits per heavy atom. The van der Waals surface area contributed by atoms with Crippen molar-refractivity contribution >= 4 is 11.8 Å². The van der Waals surface area contributed by atoms with Crippen LogP contribution in [0.25, 0.3) is 0 Å². The van der Waals surface area contributed by atoms with Crippen LogP contribution in [0.1, 0.15) is 18.1 Å². The molecule has 4 heteroatoms. The maximum Gasteiger partial charge on any atom is 0.409 e. The van der Waals surface area contributed by atoms with Gasteiger partial charge in [0.2, 0.25) is 0 Å². The predicted molar refractivity (Wildman–Crippen MR) is 76.7 cm³/mol. The number of hydrogen-bond acceptors (Lipinski definition) is 3. The van der Waals surface area contributed by atoms with Gasteiger partial charge in [-0.05, 0) is 38.0 Å². The summed E-state index contributed by atoms with van der Waals surface area (Å²) in [4.78, 5) is 15.8. The third-order valence-electron chi connectivity index (χ3n) is 3.51. The van der Waals surface area contributed by atoms with Gasteiger partial charge in [0.15, 0.2) is 0 Å². The van der Waals surface area contributed by atoms with Crippen LogP contribution in [0, 0.1) is 13.8 Å². The van der Waals surface area contributed by atoms with Crippen molar-refractivity contribution in [3.05, 3.63) is 29.3 Å². The van der Waals surface area contributed by atoms with Gasteiger partial charge in [0.1, 0.15) is 0 Å². The average Bonchev–Trinajstić information content (AvgIpc) is 2.42. The third kappa shape index (κ3) is 3.19. The quantitative estimate of drug-likeness (QED) is 0.821. The minimum Gasteiger partial charge on any atom is -0.450 e. The van der Waals surface area contributed by atoms with Crippen LogP contribution in [0.15, 0.2) is 18.2 Å². The number of ether oxygens (including phenoxy) is 1. The fourth-order valence-electron chi connectivity index (χ4n) is 2.40. The van der Waals surface area contributed by atoms with E-state index < -0.39 is 0 Å². The maximum absolute atomic E-state index is 11.6. The molecule has 0 N–H and O–H groups in total. The van der Waals surface area contributed by atoms with Crippen LogP contribution in [-0.2, 0) is 4.74 Å².